The molecule has 0 aromatic rings. The van der Waals surface area contributed by atoms with Gasteiger partial charge in [0.15, 0.2) is 5.78 Å². The van der Waals surface area contributed by atoms with Crippen LogP contribution in [0.3, 0.4) is 0 Å². The highest BCUT2D eigenvalue weighted by Crippen LogP contribution is 2.67. The van der Waals surface area contributed by atoms with Gasteiger partial charge in [0.2, 0.25) is 0 Å². The molecule has 0 aliphatic heterocycles. The first-order chi connectivity index (χ1) is 14.1. The Kier molecular flexibility index (Phi) is 6.03. The summed E-state index contributed by atoms with van der Waals surface area (Å²) >= 11 is 0. The summed E-state index contributed by atoms with van der Waals surface area (Å²) in [4.78, 5) is 13.2. The van der Waals surface area contributed by atoms with Crippen LogP contribution in [0, 0.1) is 46.3 Å². The molecule has 0 amide bonds. The first-order valence-corrected chi connectivity index (χ1v) is 12.7. The van der Waals surface area contributed by atoms with E-state index < -0.39 is 12.2 Å². The topological polar surface area (TPSA) is 57.5 Å². The van der Waals surface area contributed by atoms with E-state index in [9.17, 15) is 15.0 Å². The number of rotatable bonds is 5. The fourth-order valence-electron chi connectivity index (χ4n) is 8.61. The maximum Gasteiger partial charge on any atom is 0.159 e. The number of allylic oxidation sites excluding steroid dienone is 1. The van der Waals surface area contributed by atoms with Gasteiger partial charge >= 0.3 is 0 Å². The fraction of sp³-hybridized carbons (Fsp3) is 0.889. The molecule has 0 bridgehead atoms. The number of ketones is 1. The minimum atomic E-state index is -0.884. The molecule has 0 saturated heterocycles. The summed E-state index contributed by atoms with van der Waals surface area (Å²) in [7, 11) is 0. The Morgan fingerprint density at radius 3 is 2.50 bits per heavy atom. The number of carbonyl (C=O) groups excluding carboxylic acids is 1. The van der Waals surface area contributed by atoms with E-state index in [1.165, 1.54) is 38.5 Å². The SMILES string of the molecule is CC(C)CCC[C@@H](C)[C@H]1CC[C@H]2[C@@H]3CC(=O)C4=C[C@H](O)[C@H](O)C[C@]4(C)[C@H]3CC[C@]12C. The summed E-state index contributed by atoms with van der Waals surface area (Å²) in [6, 6.07) is 0. The average molecular weight is 417 g/mol. The van der Waals surface area contributed by atoms with Crippen LogP contribution in [-0.2, 0) is 4.79 Å². The molecule has 0 aromatic carbocycles. The zero-order valence-electron chi connectivity index (χ0n) is 19.9. The lowest BCUT2D eigenvalue weighted by Gasteiger charge is -2.58. The molecule has 9 atom stereocenters. The summed E-state index contributed by atoms with van der Waals surface area (Å²) in [5.74, 6) is 4.15. The van der Waals surface area contributed by atoms with Gasteiger partial charge < -0.3 is 10.2 Å². The minimum absolute atomic E-state index is 0.238. The van der Waals surface area contributed by atoms with E-state index in [4.69, 9.17) is 0 Å². The molecule has 3 fully saturated rings. The highest BCUT2D eigenvalue weighted by molar-refractivity contribution is 5.98. The third-order valence-electron chi connectivity index (χ3n) is 10.2. The Labute approximate surface area is 183 Å². The van der Waals surface area contributed by atoms with Crippen molar-refractivity contribution in [2.24, 2.45) is 46.3 Å². The normalized spacial score (nSPS) is 46.8. The van der Waals surface area contributed by atoms with Crippen molar-refractivity contribution in [1.29, 1.82) is 0 Å². The highest BCUT2D eigenvalue weighted by atomic mass is 16.3. The van der Waals surface area contributed by atoms with E-state index in [0.29, 0.717) is 36.0 Å². The smallest absolute Gasteiger partial charge is 0.159 e. The lowest BCUT2D eigenvalue weighted by molar-refractivity contribution is -0.133. The maximum absolute atomic E-state index is 13.2. The van der Waals surface area contributed by atoms with Crippen molar-refractivity contribution in [3.63, 3.8) is 0 Å². The van der Waals surface area contributed by atoms with Gasteiger partial charge in [-0.15, -0.1) is 0 Å². The summed E-state index contributed by atoms with van der Waals surface area (Å²) in [6.45, 7) is 11.9. The molecule has 0 unspecified atom stereocenters. The van der Waals surface area contributed by atoms with Crippen LogP contribution in [0.25, 0.3) is 0 Å². The van der Waals surface area contributed by atoms with Gasteiger partial charge in [-0.3, -0.25) is 4.79 Å². The van der Waals surface area contributed by atoms with Gasteiger partial charge in [0.1, 0.15) is 0 Å². The lowest BCUT2D eigenvalue weighted by atomic mass is 9.46. The molecule has 30 heavy (non-hydrogen) atoms. The molecule has 4 aliphatic carbocycles. The second-order valence-electron chi connectivity index (χ2n) is 12.3. The standard InChI is InChI=1S/C27H44O3/c1-16(2)7-6-8-17(3)19-9-10-20-18-13-23(28)22-14-24(29)25(30)15-27(22,5)21(18)11-12-26(19,20)4/h14,16-21,24-25,29-30H,6-13,15H2,1-5H3/t17-,18+,19-,20+,21+,24+,25-,26-,27-/m1/s1. The molecule has 0 radical (unpaired) electrons. The number of aliphatic hydroxyl groups is 2. The van der Waals surface area contributed by atoms with E-state index in [-0.39, 0.29) is 11.2 Å². The molecule has 0 heterocycles. The monoisotopic (exact) mass is 416 g/mol. The number of carbonyl (C=O) groups is 1. The van der Waals surface area contributed by atoms with Crippen LogP contribution >= 0.6 is 0 Å². The largest absolute Gasteiger partial charge is 0.390 e. The Hall–Kier alpha value is -0.670. The first kappa shape index (κ1) is 22.5. The second kappa shape index (κ2) is 8.03. The van der Waals surface area contributed by atoms with Crippen molar-refractivity contribution in [2.75, 3.05) is 0 Å². The van der Waals surface area contributed by atoms with Crippen molar-refractivity contribution in [2.45, 2.75) is 105 Å². The van der Waals surface area contributed by atoms with Gasteiger partial charge in [-0.2, -0.15) is 0 Å². The maximum atomic E-state index is 13.2. The Morgan fingerprint density at radius 1 is 1.07 bits per heavy atom. The van der Waals surface area contributed by atoms with E-state index >= 15 is 0 Å². The molecule has 3 heteroatoms. The Morgan fingerprint density at radius 2 is 1.80 bits per heavy atom. The molecule has 0 aromatic heterocycles. The average Bonchev–Trinajstić information content (AvgIpc) is 3.01. The van der Waals surface area contributed by atoms with E-state index in [1.807, 2.05) is 0 Å². The summed E-state index contributed by atoms with van der Waals surface area (Å²) in [5.41, 5.74) is 0.922. The van der Waals surface area contributed by atoms with Gasteiger partial charge in [0.05, 0.1) is 12.2 Å². The molecule has 3 nitrogen and oxygen atoms in total. The van der Waals surface area contributed by atoms with Gasteiger partial charge in [0, 0.05) is 17.4 Å². The van der Waals surface area contributed by atoms with Crippen LogP contribution in [0.15, 0.2) is 11.6 Å². The van der Waals surface area contributed by atoms with Crippen LogP contribution in [0.2, 0.25) is 0 Å². The van der Waals surface area contributed by atoms with E-state index in [0.717, 1.165) is 29.7 Å². The van der Waals surface area contributed by atoms with Crippen molar-refractivity contribution in [3.05, 3.63) is 11.6 Å². The fourth-order valence-corrected chi connectivity index (χ4v) is 8.61. The molecule has 170 valence electrons. The summed E-state index contributed by atoms with van der Waals surface area (Å²) < 4.78 is 0. The number of Topliss-reactive ketones (excluding diaryl/α,β-unsaturated/α-hetero) is 1. The van der Waals surface area contributed by atoms with Crippen LogP contribution in [0.5, 0.6) is 0 Å². The number of hydrogen-bond acceptors (Lipinski definition) is 3. The van der Waals surface area contributed by atoms with Crippen LogP contribution in [0.4, 0.5) is 0 Å². The quantitative estimate of drug-likeness (QED) is 0.619. The molecular weight excluding hydrogens is 372 g/mol. The van der Waals surface area contributed by atoms with Crippen LogP contribution in [-0.4, -0.2) is 28.2 Å². The third-order valence-corrected chi connectivity index (χ3v) is 10.2. The zero-order chi connectivity index (χ0) is 21.8. The van der Waals surface area contributed by atoms with Gasteiger partial charge in [-0.05, 0) is 79.1 Å². The second-order valence-corrected chi connectivity index (χ2v) is 12.3. The molecule has 0 spiro atoms. The molecule has 3 saturated carbocycles. The van der Waals surface area contributed by atoms with E-state index in [2.05, 4.69) is 34.6 Å². The number of fused-ring (bicyclic) bond motifs is 5. The lowest BCUT2D eigenvalue weighted by Crippen LogP contribution is -2.55. The molecular formula is C27H44O3. The number of hydrogen-bond donors (Lipinski definition) is 2. The Bertz CT molecular complexity index is 696. The van der Waals surface area contributed by atoms with Gasteiger partial charge in [-0.25, -0.2) is 0 Å². The highest BCUT2D eigenvalue weighted by Gasteiger charge is 2.61. The summed E-state index contributed by atoms with van der Waals surface area (Å²) in [5, 5.41) is 20.6. The van der Waals surface area contributed by atoms with Crippen LogP contribution in [0.1, 0.15) is 92.4 Å². The van der Waals surface area contributed by atoms with Crippen LogP contribution < -0.4 is 0 Å². The molecule has 4 aliphatic rings. The number of aliphatic hydroxyl groups excluding tert-OH is 2. The predicted molar refractivity (Wildman–Crippen MR) is 121 cm³/mol. The van der Waals surface area contributed by atoms with E-state index in [1.54, 1.807) is 6.08 Å². The molecule has 4 rings (SSSR count). The molecule has 2 N–H and O–H groups in total. The van der Waals surface area contributed by atoms with Crippen molar-refractivity contribution < 1.29 is 15.0 Å². The van der Waals surface area contributed by atoms with Crippen molar-refractivity contribution >= 4 is 5.78 Å². The van der Waals surface area contributed by atoms with Crippen molar-refractivity contribution in [3.8, 4) is 0 Å². The zero-order valence-corrected chi connectivity index (χ0v) is 19.9. The predicted octanol–water partition coefficient (Wildman–Crippen LogP) is 5.54. The summed E-state index contributed by atoms with van der Waals surface area (Å²) in [6.07, 6.45) is 10.3. The Balaban J connectivity index is 1.54. The minimum Gasteiger partial charge on any atom is -0.390 e. The third kappa shape index (κ3) is 3.52. The van der Waals surface area contributed by atoms with Crippen molar-refractivity contribution in [1.82, 2.24) is 0 Å². The van der Waals surface area contributed by atoms with Gasteiger partial charge in [0.25, 0.3) is 0 Å². The van der Waals surface area contributed by atoms with Gasteiger partial charge in [-0.1, -0.05) is 53.9 Å². The first-order valence-electron chi connectivity index (χ1n) is 12.7.